The second kappa shape index (κ2) is 9.49. The van der Waals surface area contributed by atoms with Gasteiger partial charge in [0.05, 0.1) is 33.0 Å². The van der Waals surface area contributed by atoms with Crippen LogP contribution in [0.25, 0.3) is 0 Å². The van der Waals surface area contributed by atoms with Gasteiger partial charge in [-0.3, -0.25) is 4.79 Å². The van der Waals surface area contributed by atoms with Gasteiger partial charge >= 0.3 is 0 Å². The lowest BCUT2D eigenvalue weighted by Crippen LogP contribution is -2.26. The van der Waals surface area contributed by atoms with Crippen molar-refractivity contribution in [1.29, 1.82) is 0 Å². The lowest BCUT2D eigenvalue weighted by Gasteiger charge is -2.06. The Balaban J connectivity index is 2.25. The van der Waals surface area contributed by atoms with Crippen molar-refractivity contribution in [1.82, 2.24) is 5.32 Å². The Morgan fingerprint density at radius 2 is 2.00 bits per heavy atom. The molecule has 1 rings (SSSR count). The minimum absolute atomic E-state index is 0.0190. The summed E-state index contributed by atoms with van der Waals surface area (Å²) in [5.41, 5.74) is 0.659. The van der Waals surface area contributed by atoms with Crippen LogP contribution < -0.4 is 10.1 Å². The first-order valence-corrected chi connectivity index (χ1v) is 6.43. The average molecular weight is 267 g/mol. The van der Waals surface area contributed by atoms with Crippen LogP contribution in [0, 0.1) is 0 Å². The number of benzene rings is 1. The predicted molar refractivity (Wildman–Crippen MR) is 72.7 cm³/mol. The average Bonchev–Trinajstić information content (AvgIpc) is 2.43. The molecule has 0 bridgehead atoms. The fourth-order valence-electron chi connectivity index (χ4n) is 1.52. The standard InChI is InChI=1S/C14H21NO4/c1-2-19-13-5-3-12(4-6-13)14(17)11-15-7-9-18-10-8-16/h3-6,15-16H,2,7-11H2,1H3. The first kappa shape index (κ1) is 15.6. The van der Waals surface area contributed by atoms with Crippen molar-refractivity contribution in [3.8, 4) is 5.75 Å². The topological polar surface area (TPSA) is 67.8 Å². The Hall–Kier alpha value is -1.43. The van der Waals surface area contributed by atoms with Crippen molar-refractivity contribution >= 4 is 5.78 Å². The molecule has 0 unspecified atom stereocenters. The molecule has 19 heavy (non-hydrogen) atoms. The molecule has 106 valence electrons. The molecule has 0 aliphatic carbocycles. The van der Waals surface area contributed by atoms with Gasteiger partial charge in [0.1, 0.15) is 5.75 Å². The van der Waals surface area contributed by atoms with Crippen LogP contribution in [-0.2, 0) is 4.74 Å². The fourth-order valence-corrected chi connectivity index (χ4v) is 1.52. The second-order valence-corrected chi connectivity index (χ2v) is 3.89. The van der Waals surface area contributed by atoms with Crippen LogP contribution >= 0.6 is 0 Å². The molecule has 0 saturated carbocycles. The molecule has 0 saturated heterocycles. The van der Waals surface area contributed by atoms with Gasteiger partial charge in [-0.1, -0.05) is 0 Å². The number of hydrogen-bond donors (Lipinski definition) is 2. The molecule has 0 aromatic heterocycles. The summed E-state index contributed by atoms with van der Waals surface area (Å²) in [6.45, 7) is 4.22. The van der Waals surface area contributed by atoms with Gasteiger partial charge < -0.3 is 19.9 Å². The van der Waals surface area contributed by atoms with Crippen LogP contribution in [0.2, 0.25) is 0 Å². The van der Waals surface area contributed by atoms with Gasteiger partial charge in [0.15, 0.2) is 5.78 Å². The van der Waals surface area contributed by atoms with Gasteiger partial charge in [0.25, 0.3) is 0 Å². The molecular weight excluding hydrogens is 246 g/mol. The van der Waals surface area contributed by atoms with Gasteiger partial charge in [-0.2, -0.15) is 0 Å². The van der Waals surface area contributed by atoms with E-state index in [4.69, 9.17) is 14.6 Å². The largest absolute Gasteiger partial charge is 0.494 e. The van der Waals surface area contributed by atoms with Gasteiger partial charge in [-0.15, -0.1) is 0 Å². The summed E-state index contributed by atoms with van der Waals surface area (Å²) in [6.07, 6.45) is 0. The van der Waals surface area contributed by atoms with Crippen molar-refractivity contribution in [2.75, 3.05) is 39.5 Å². The maximum Gasteiger partial charge on any atom is 0.176 e. The van der Waals surface area contributed by atoms with Crippen molar-refractivity contribution in [2.24, 2.45) is 0 Å². The highest BCUT2D eigenvalue weighted by atomic mass is 16.5. The molecule has 0 aliphatic heterocycles. The normalized spacial score (nSPS) is 10.4. The predicted octanol–water partition coefficient (Wildman–Crippen LogP) is 0.866. The molecular formula is C14H21NO4. The Bertz CT molecular complexity index is 364. The molecule has 0 atom stereocenters. The van der Waals surface area contributed by atoms with Gasteiger partial charge in [-0.05, 0) is 31.2 Å². The quantitative estimate of drug-likeness (QED) is 0.486. The molecule has 5 nitrogen and oxygen atoms in total. The first-order chi connectivity index (χ1) is 9.27. The van der Waals surface area contributed by atoms with E-state index in [-0.39, 0.29) is 18.9 Å². The van der Waals surface area contributed by atoms with Crippen LogP contribution in [0.3, 0.4) is 0 Å². The van der Waals surface area contributed by atoms with Crippen molar-refractivity contribution < 1.29 is 19.4 Å². The third-order valence-electron chi connectivity index (χ3n) is 2.43. The SMILES string of the molecule is CCOc1ccc(C(=O)CNCCOCCO)cc1. The molecule has 0 radical (unpaired) electrons. The molecule has 0 amide bonds. The van der Waals surface area contributed by atoms with Crippen LogP contribution in [0.1, 0.15) is 17.3 Å². The number of carbonyl (C=O) groups excluding carboxylic acids is 1. The Labute approximate surface area is 113 Å². The van der Waals surface area contributed by atoms with Crippen molar-refractivity contribution in [2.45, 2.75) is 6.92 Å². The minimum Gasteiger partial charge on any atom is -0.494 e. The molecule has 5 heteroatoms. The van der Waals surface area contributed by atoms with Gasteiger partial charge in [-0.25, -0.2) is 0 Å². The number of carbonyl (C=O) groups is 1. The zero-order valence-corrected chi connectivity index (χ0v) is 11.2. The van der Waals surface area contributed by atoms with Crippen LogP contribution in [-0.4, -0.2) is 50.4 Å². The number of ether oxygens (including phenoxy) is 2. The minimum atomic E-state index is 0.0190. The van der Waals surface area contributed by atoms with Crippen LogP contribution in [0.5, 0.6) is 5.75 Å². The van der Waals surface area contributed by atoms with E-state index in [0.29, 0.717) is 31.9 Å². The molecule has 1 aromatic carbocycles. The first-order valence-electron chi connectivity index (χ1n) is 6.43. The summed E-state index contributed by atoms with van der Waals surface area (Å²) >= 11 is 0. The zero-order valence-electron chi connectivity index (χ0n) is 11.2. The zero-order chi connectivity index (χ0) is 13.9. The molecule has 0 spiro atoms. The highest BCUT2D eigenvalue weighted by Gasteiger charge is 2.05. The maximum absolute atomic E-state index is 11.8. The number of ketones is 1. The molecule has 0 fully saturated rings. The lowest BCUT2D eigenvalue weighted by atomic mass is 10.1. The van der Waals surface area contributed by atoms with Crippen molar-refractivity contribution in [3.63, 3.8) is 0 Å². The number of rotatable bonds is 10. The van der Waals surface area contributed by atoms with E-state index < -0.39 is 0 Å². The van der Waals surface area contributed by atoms with E-state index >= 15 is 0 Å². The second-order valence-electron chi connectivity index (χ2n) is 3.89. The van der Waals surface area contributed by atoms with Crippen LogP contribution in [0.4, 0.5) is 0 Å². The molecule has 0 aliphatic rings. The summed E-state index contributed by atoms with van der Waals surface area (Å²) in [5.74, 6) is 0.801. The van der Waals surface area contributed by atoms with E-state index in [2.05, 4.69) is 5.32 Å². The van der Waals surface area contributed by atoms with E-state index in [1.54, 1.807) is 24.3 Å². The van der Waals surface area contributed by atoms with Crippen LogP contribution in [0.15, 0.2) is 24.3 Å². The third kappa shape index (κ3) is 6.33. The number of Topliss-reactive ketones (excluding diaryl/α,β-unsaturated/α-hetero) is 1. The molecule has 1 aromatic rings. The monoisotopic (exact) mass is 267 g/mol. The number of aliphatic hydroxyl groups excluding tert-OH is 1. The highest BCUT2D eigenvalue weighted by Crippen LogP contribution is 2.12. The number of hydrogen-bond acceptors (Lipinski definition) is 5. The molecule has 0 heterocycles. The summed E-state index contributed by atoms with van der Waals surface area (Å²) in [4.78, 5) is 11.8. The molecule has 2 N–H and O–H groups in total. The smallest absolute Gasteiger partial charge is 0.176 e. The fraction of sp³-hybridized carbons (Fsp3) is 0.500. The Kier molecular flexibility index (Phi) is 7.81. The number of aliphatic hydroxyl groups is 1. The summed E-state index contributed by atoms with van der Waals surface area (Å²) < 4.78 is 10.4. The Morgan fingerprint density at radius 1 is 1.26 bits per heavy atom. The highest BCUT2D eigenvalue weighted by molar-refractivity contribution is 5.97. The summed E-state index contributed by atoms with van der Waals surface area (Å²) in [5, 5.41) is 11.5. The maximum atomic E-state index is 11.8. The van der Waals surface area contributed by atoms with Gasteiger partial charge in [0, 0.05) is 12.1 Å². The number of nitrogens with one attached hydrogen (secondary N) is 1. The lowest BCUT2D eigenvalue weighted by molar-refractivity contribution is 0.0906. The third-order valence-corrected chi connectivity index (χ3v) is 2.43. The van der Waals surface area contributed by atoms with E-state index in [0.717, 1.165) is 5.75 Å². The Morgan fingerprint density at radius 3 is 2.63 bits per heavy atom. The van der Waals surface area contributed by atoms with E-state index in [1.807, 2.05) is 6.92 Å². The summed E-state index contributed by atoms with van der Waals surface area (Å²) in [6, 6.07) is 7.11. The van der Waals surface area contributed by atoms with E-state index in [9.17, 15) is 4.79 Å². The van der Waals surface area contributed by atoms with E-state index in [1.165, 1.54) is 0 Å². The van der Waals surface area contributed by atoms with Crippen molar-refractivity contribution in [3.05, 3.63) is 29.8 Å². The van der Waals surface area contributed by atoms with Gasteiger partial charge in [0.2, 0.25) is 0 Å². The summed E-state index contributed by atoms with van der Waals surface area (Å²) in [7, 11) is 0.